The molecule has 10 heteroatoms. The van der Waals surface area contributed by atoms with Gasteiger partial charge in [0, 0.05) is 5.75 Å². The summed E-state index contributed by atoms with van der Waals surface area (Å²) in [6, 6.07) is -3.77. The van der Waals surface area contributed by atoms with Gasteiger partial charge in [-0.2, -0.15) is 12.6 Å². The highest BCUT2D eigenvalue weighted by molar-refractivity contribution is 7.80. The predicted molar refractivity (Wildman–Crippen MR) is 105 cm³/mol. The average molecular weight is 405 g/mol. The summed E-state index contributed by atoms with van der Waals surface area (Å²) in [6.45, 7) is 8.69. The Bertz CT molecular complexity index is 541. The summed E-state index contributed by atoms with van der Waals surface area (Å²) in [5.41, 5.74) is 5.85. The van der Waals surface area contributed by atoms with Crippen LogP contribution in [-0.4, -0.2) is 58.7 Å². The van der Waals surface area contributed by atoms with Gasteiger partial charge in [-0.15, -0.1) is 0 Å². The van der Waals surface area contributed by atoms with E-state index in [4.69, 9.17) is 10.8 Å². The Balaban J connectivity index is 5.01. The van der Waals surface area contributed by atoms with Gasteiger partial charge in [0.2, 0.25) is 17.7 Å². The molecule has 0 heterocycles. The molecular weight excluding hydrogens is 372 g/mol. The Morgan fingerprint density at radius 2 is 1.48 bits per heavy atom. The molecule has 0 saturated carbocycles. The number of rotatable bonds is 11. The molecule has 0 aromatic heterocycles. The number of amides is 3. The molecule has 0 aromatic rings. The molecule has 0 spiro atoms. The zero-order valence-electron chi connectivity index (χ0n) is 16.5. The van der Waals surface area contributed by atoms with Gasteiger partial charge < -0.3 is 26.8 Å². The molecule has 4 atom stereocenters. The summed E-state index contributed by atoms with van der Waals surface area (Å²) in [7, 11) is 0. The van der Waals surface area contributed by atoms with E-state index in [0.717, 1.165) is 0 Å². The van der Waals surface area contributed by atoms with Crippen LogP contribution in [0.2, 0.25) is 0 Å². The molecule has 4 unspecified atom stereocenters. The van der Waals surface area contributed by atoms with Crippen LogP contribution in [-0.2, 0) is 19.2 Å². The van der Waals surface area contributed by atoms with Gasteiger partial charge in [-0.25, -0.2) is 0 Å². The molecule has 0 aromatic carbocycles. The largest absolute Gasteiger partial charge is 0.480 e. The molecule has 3 amide bonds. The van der Waals surface area contributed by atoms with Crippen molar-refractivity contribution in [1.29, 1.82) is 0 Å². The van der Waals surface area contributed by atoms with E-state index in [1.807, 2.05) is 13.8 Å². The van der Waals surface area contributed by atoms with Crippen molar-refractivity contribution in [3.63, 3.8) is 0 Å². The smallest absolute Gasteiger partial charge is 0.325 e. The van der Waals surface area contributed by atoms with Crippen LogP contribution in [0.3, 0.4) is 0 Å². The molecule has 9 nitrogen and oxygen atoms in total. The number of carbonyl (C=O) groups excluding carboxylic acids is 3. The van der Waals surface area contributed by atoms with Gasteiger partial charge in [-0.3, -0.25) is 19.2 Å². The lowest BCUT2D eigenvalue weighted by atomic mass is 10.00. The van der Waals surface area contributed by atoms with E-state index in [1.165, 1.54) is 6.92 Å². The Labute approximate surface area is 165 Å². The predicted octanol–water partition coefficient (Wildman–Crippen LogP) is -0.495. The van der Waals surface area contributed by atoms with Crippen LogP contribution in [0.15, 0.2) is 0 Å². The van der Waals surface area contributed by atoms with Crippen LogP contribution < -0.4 is 21.7 Å². The van der Waals surface area contributed by atoms with Crippen LogP contribution in [0.5, 0.6) is 0 Å². The number of hydrogen-bond acceptors (Lipinski definition) is 6. The highest BCUT2D eigenvalue weighted by Crippen LogP contribution is 2.07. The van der Waals surface area contributed by atoms with Gasteiger partial charge in [0.15, 0.2) is 0 Å². The maximum atomic E-state index is 12.6. The second kappa shape index (κ2) is 11.8. The quantitative estimate of drug-likeness (QED) is 0.256. The first kappa shape index (κ1) is 25.2. The number of nitrogens with one attached hydrogen (secondary N) is 3. The van der Waals surface area contributed by atoms with Crippen molar-refractivity contribution >= 4 is 36.3 Å². The fourth-order valence-electron chi connectivity index (χ4n) is 2.24. The van der Waals surface area contributed by atoms with E-state index < -0.39 is 47.9 Å². The van der Waals surface area contributed by atoms with Crippen molar-refractivity contribution in [2.45, 2.75) is 65.2 Å². The highest BCUT2D eigenvalue weighted by Gasteiger charge is 2.30. The lowest BCUT2D eigenvalue weighted by Gasteiger charge is -2.26. The van der Waals surface area contributed by atoms with E-state index in [1.54, 1.807) is 13.8 Å². The summed E-state index contributed by atoms with van der Waals surface area (Å²) in [6.07, 6.45) is 0.479. The van der Waals surface area contributed by atoms with E-state index in [9.17, 15) is 19.2 Å². The number of carboxylic acid groups (broad SMARTS) is 1. The summed E-state index contributed by atoms with van der Waals surface area (Å²) in [5, 5.41) is 16.3. The normalized spacial score (nSPS) is 15.6. The van der Waals surface area contributed by atoms with Gasteiger partial charge in [0.05, 0.1) is 6.04 Å². The van der Waals surface area contributed by atoms with Crippen molar-refractivity contribution in [1.82, 2.24) is 16.0 Å². The average Bonchev–Trinajstić information content (AvgIpc) is 2.55. The second-order valence-electron chi connectivity index (χ2n) is 7.28. The molecule has 0 saturated heterocycles. The minimum absolute atomic E-state index is 0.0322. The van der Waals surface area contributed by atoms with Crippen LogP contribution >= 0.6 is 12.6 Å². The minimum Gasteiger partial charge on any atom is -0.480 e. The van der Waals surface area contributed by atoms with Gasteiger partial charge in [0.1, 0.15) is 18.1 Å². The van der Waals surface area contributed by atoms with E-state index in [-0.39, 0.29) is 17.6 Å². The molecule has 0 fully saturated rings. The van der Waals surface area contributed by atoms with Crippen molar-refractivity contribution in [2.75, 3.05) is 5.75 Å². The Morgan fingerprint density at radius 3 is 1.89 bits per heavy atom. The zero-order valence-corrected chi connectivity index (χ0v) is 17.4. The van der Waals surface area contributed by atoms with Crippen LogP contribution in [0.4, 0.5) is 0 Å². The molecule has 156 valence electrons. The SMILES string of the molecule is CC(C)CC(N)C(=O)NC(C(=O)NC(CS)C(=O)NC(C)C(=O)O)C(C)C. The fourth-order valence-corrected chi connectivity index (χ4v) is 2.50. The molecule has 27 heavy (non-hydrogen) atoms. The lowest BCUT2D eigenvalue weighted by molar-refractivity contribution is -0.141. The van der Waals surface area contributed by atoms with E-state index in [2.05, 4.69) is 28.6 Å². The highest BCUT2D eigenvalue weighted by atomic mass is 32.1. The van der Waals surface area contributed by atoms with Crippen molar-refractivity contribution in [3.05, 3.63) is 0 Å². The van der Waals surface area contributed by atoms with Gasteiger partial charge in [-0.05, 0) is 25.2 Å². The van der Waals surface area contributed by atoms with Gasteiger partial charge >= 0.3 is 5.97 Å². The maximum absolute atomic E-state index is 12.6. The molecule has 0 bridgehead atoms. The third-order valence-corrected chi connectivity index (χ3v) is 4.22. The topological polar surface area (TPSA) is 151 Å². The third kappa shape index (κ3) is 9.09. The Hall–Kier alpha value is -1.81. The minimum atomic E-state index is -1.20. The molecule has 0 aliphatic rings. The maximum Gasteiger partial charge on any atom is 0.325 e. The van der Waals surface area contributed by atoms with Crippen molar-refractivity contribution in [2.24, 2.45) is 17.6 Å². The number of thiol groups is 1. The molecule has 0 radical (unpaired) electrons. The molecule has 6 N–H and O–H groups in total. The van der Waals surface area contributed by atoms with Crippen LogP contribution in [0, 0.1) is 11.8 Å². The first-order chi connectivity index (χ1) is 12.4. The molecule has 0 aliphatic heterocycles. The number of carboxylic acids is 1. The van der Waals surface area contributed by atoms with Crippen LogP contribution in [0.1, 0.15) is 41.0 Å². The monoisotopic (exact) mass is 404 g/mol. The van der Waals surface area contributed by atoms with Crippen molar-refractivity contribution < 1.29 is 24.3 Å². The number of aliphatic carboxylic acids is 1. The number of carbonyl (C=O) groups is 4. The van der Waals surface area contributed by atoms with E-state index in [0.29, 0.717) is 6.42 Å². The molecule has 0 rings (SSSR count). The van der Waals surface area contributed by atoms with Crippen LogP contribution in [0.25, 0.3) is 0 Å². The summed E-state index contributed by atoms with van der Waals surface area (Å²) in [5.74, 6) is -2.92. The number of nitrogens with two attached hydrogens (primary N) is 1. The Kier molecular flexibility index (Phi) is 11.0. The van der Waals surface area contributed by atoms with E-state index >= 15 is 0 Å². The fraction of sp³-hybridized carbons (Fsp3) is 0.765. The third-order valence-electron chi connectivity index (χ3n) is 3.85. The summed E-state index contributed by atoms with van der Waals surface area (Å²) < 4.78 is 0. The van der Waals surface area contributed by atoms with Gasteiger partial charge in [-0.1, -0.05) is 27.7 Å². The summed E-state index contributed by atoms with van der Waals surface area (Å²) >= 11 is 4.03. The number of hydrogen-bond donors (Lipinski definition) is 6. The standard InChI is InChI=1S/C17H32N4O5S/c1-8(2)6-11(18)14(22)21-13(9(3)4)16(24)20-12(7-27)15(23)19-10(5)17(25)26/h8-13,27H,6-7,18H2,1-5H3,(H,19,23)(H,20,24)(H,21,22)(H,25,26). The molecular formula is C17H32N4O5S. The first-order valence-electron chi connectivity index (χ1n) is 8.91. The Morgan fingerprint density at radius 1 is 0.926 bits per heavy atom. The first-order valence-corrected chi connectivity index (χ1v) is 9.54. The molecule has 0 aliphatic carbocycles. The lowest BCUT2D eigenvalue weighted by Crippen LogP contribution is -2.58. The summed E-state index contributed by atoms with van der Waals surface area (Å²) in [4.78, 5) is 47.8. The second-order valence-corrected chi connectivity index (χ2v) is 7.64. The van der Waals surface area contributed by atoms with Gasteiger partial charge in [0.25, 0.3) is 0 Å². The van der Waals surface area contributed by atoms with Crippen molar-refractivity contribution in [3.8, 4) is 0 Å². The zero-order chi connectivity index (χ0) is 21.3.